The molecule has 0 unspecified atom stereocenters. The van der Waals surface area contributed by atoms with Crippen LogP contribution in [0.3, 0.4) is 0 Å². The number of amides is 2. The lowest BCUT2D eigenvalue weighted by atomic mass is 10.1. The van der Waals surface area contributed by atoms with Crippen LogP contribution in [0.5, 0.6) is 5.75 Å². The van der Waals surface area contributed by atoms with Crippen molar-refractivity contribution in [2.24, 2.45) is 0 Å². The Balaban J connectivity index is 1.89. The number of carbonyl (C=O) groups is 1. The third kappa shape index (κ3) is 3.30. The van der Waals surface area contributed by atoms with Gasteiger partial charge in [0.15, 0.2) is 11.6 Å². The predicted octanol–water partition coefficient (Wildman–Crippen LogP) is -0.420. The number of benzene rings is 1. The number of nitrogens with one attached hydrogen (secondary N) is 3. The lowest BCUT2D eigenvalue weighted by Gasteiger charge is -2.19. The first kappa shape index (κ1) is 16.2. The second kappa shape index (κ2) is 5.76. The molecular weight excluding hydrogens is 362 g/mol. The summed E-state index contributed by atoms with van der Waals surface area (Å²) in [6.45, 7) is 0. The fraction of sp³-hybridized carbons (Fsp3) is 0.182. The van der Waals surface area contributed by atoms with Crippen molar-refractivity contribution in [1.29, 1.82) is 0 Å². The number of aromatic nitrogens is 3. The number of hydrogen-bond acceptors (Lipinski definition) is 8. The molecule has 1 aliphatic heterocycles. The van der Waals surface area contributed by atoms with E-state index in [-0.39, 0.29) is 23.7 Å². The first-order chi connectivity index (χ1) is 11.3. The number of aryl methyl sites for hydroxylation is 1. The van der Waals surface area contributed by atoms with Crippen LogP contribution in [0, 0.1) is 0 Å². The Morgan fingerprint density at radius 1 is 1.33 bits per heavy atom. The summed E-state index contributed by atoms with van der Waals surface area (Å²) >= 11 is 0. The van der Waals surface area contributed by atoms with Gasteiger partial charge in [0.1, 0.15) is 4.90 Å². The van der Waals surface area contributed by atoms with Gasteiger partial charge < -0.3 is 4.18 Å². The molecule has 24 heavy (non-hydrogen) atoms. The van der Waals surface area contributed by atoms with Gasteiger partial charge in [0.2, 0.25) is 0 Å². The molecular formula is C11H11N5O6S2. The van der Waals surface area contributed by atoms with Crippen LogP contribution in [0.1, 0.15) is 5.56 Å². The summed E-state index contributed by atoms with van der Waals surface area (Å²) in [6, 6.07) is 3.05. The number of aromatic amines is 1. The molecule has 0 saturated carbocycles. The second-order valence-corrected chi connectivity index (χ2v) is 8.10. The molecule has 1 aliphatic rings. The highest BCUT2D eigenvalue weighted by Crippen LogP contribution is 2.33. The van der Waals surface area contributed by atoms with Crippen LogP contribution >= 0.6 is 0 Å². The monoisotopic (exact) mass is 373 g/mol. The van der Waals surface area contributed by atoms with Crippen LogP contribution in [0.4, 0.5) is 10.6 Å². The van der Waals surface area contributed by atoms with Gasteiger partial charge in [-0.3, -0.25) is 5.32 Å². The summed E-state index contributed by atoms with van der Waals surface area (Å²) < 4.78 is 54.5. The summed E-state index contributed by atoms with van der Waals surface area (Å²) in [7, 11) is -8.23. The van der Waals surface area contributed by atoms with Crippen LogP contribution in [0.2, 0.25) is 0 Å². The average Bonchev–Trinajstić information content (AvgIpc) is 2.97. The summed E-state index contributed by atoms with van der Waals surface area (Å²) in [6.07, 6.45) is 1.29. The minimum absolute atomic E-state index is 0.0108. The Bertz CT molecular complexity index is 984. The molecule has 1 aromatic carbocycles. The number of anilines is 1. The first-order valence-electron chi connectivity index (χ1n) is 6.50. The van der Waals surface area contributed by atoms with Crippen molar-refractivity contribution < 1.29 is 25.8 Å². The highest BCUT2D eigenvalue weighted by molar-refractivity contribution is 7.90. The topological polar surface area (TPSA) is 160 Å². The van der Waals surface area contributed by atoms with Crippen LogP contribution in [-0.2, 0) is 26.6 Å². The molecule has 2 aromatic rings. The van der Waals surface area contributed by atoms with Crippen LogP contribution in [-0.4, -0.2) is 44.0 Å². The van der Waals surface area contributed by atoms with Crippen molar-refractivity contribution >= 4 is 32.0 Å². The normalized spacial score (nSPS) is 15.8. The van der Waals surface area contributed by atoms with Gasteiger partial charge in [-0.05, 0) is 18.1 Å². The molecule has 0 fully saturated rings. The summed E-state index contributed by atoms with van der Waals surface area (Å²) in [4.78, 5) is 11.3. The molecule has 0 spiro atoms. The standard InChI is InChI=1S/C11H11N5O6S2/c17-11(13-9-6-12-16-14-9)15-24(20,21)8-3-1-2-7-4-5-23(18,19)22-10(7)8/h1-3,6H,4-5H2,(H3,12,13,14,15,16,17). The Labute approximate surface area is 136 Å². The minimum atomic E-state index is -4.36. The third-order valence-corrected chi connectivity index (χ3v) is 5.54. The molecule has 1 aromatic heterocycles. The molecule has 0 atom stereocenters. The van der Waals surface area contributed by atoms with Crippen molar-refractivity contribution in [3.05, 3.63) is 30.0 Å². The molecule has 0 saturated heterocycles. The third-order valence-electron chi connectivity index (χ3n) is 3.07. The predicted molar refractivity (Wildman–Crippen MR) is 80.3 cm³/mol. The molecule has 3 N–H and O–H groups in total. The van der Waals surface area contributed by atoms with E-state index in [4.69, 9.17) is 4.18 Å². The van der Waals surface area contributed by atoms with Crippen molar-refractivity contribution in [1.82, 2.24) is 20.1 Å². The maximum Gasteiger partial charge on any atom is 0.334 e. The van der Waals surface area contributed by atoms with E-state index in [1.54, 1.807) is 10.8 Å². The number of para-hydroxylation sites is 1. The van der Waals surface area contributed by atoms with E-state index >= 15 is 0 Å². The smallest absolute Gasteiger partial charge is 0.334 e. The van der Waals surface area contributed by atoms with E-state index in [0.717, 1.165) is 6.07 Å². The number of sulfonamides is 1. The van der Waals surface area contributed by atoms with Gasteiger partial charge in [-0.2, -0.15) is 18.7 Å². The minimum Gasteiger partial charge on any atom is -0.381 e. The molecule has 13 heteroatoms. The average molecular weight is 373 g/mol. The number of carbonyl (C=O) groups excluding carboxylic acids is 1. The zero-order valence-corrected chi connectivity index (χ0v) is 13.5. The number of rotatable bonds is 3. The Kier molecular flexibility index (Phi) is 3.88. The molecule has 2 amide bonds. The van der Waals surface area contributed by atoms with Gasteiger partial charge in [-0.25, -0.2) is 17.9 Å². The molecule has 2 heterocycles. The molecule has 0 aliphatic carbocycles. The van der Waals surface area contributed by atoms with Crippen molar-refractivity contribution in [3.63, 3.8) is 0 Å². The van der Waals surface area contributed by atoms with E-state index in [2.05, 4.69) is 20.7 Å². The number of H-pyrrole nitrogens is 1. The fourth-order valence-electron chi connectivity index (χ4n) is 2.05. The molecule has 128 valence electrons. The van der Waals surface area contributed by atoms with Gasteiger partial charge in [-0.1, -0.05) is 12.1 Å². The van der Waals surface area contributed by atoms with Gasteiger partial charge in [0.25, 0.3) is 10.0 Å². The Morgan fingerprint density at radius 2 is 2.12 bits per heavy atom. The highest BCUT2D eigenvalue weighted by Gasteiger charge is 2.30. The van der Waals surface area contributed by atoms with E-state index in [1.165, 1.54) is 12.3 Å². The van der Waals surface area contributed by atoms with Crippen molar-refractivity contribution in [2.75, 3.05) is 11.1 Å². The fourth-order valence-corrected chi connectivity index (χ4v) is 4.18. The Hall–Kier alpha value is -2.67. The summed E-state index contributed by atoms with van der Waals surface area (Å²) in [5.74, 6) is -0.536. The lowest BCUT2D eigenvalue weighted by Crippen LogP contribution is -2.35. The zero-order chi connectivity index (χ0) is 17.4. The van der Waals surface area contributed by atoms with E-state index in [9.17, 15) is 21.6 Å². The largest absolute Gasteiger partial charge is 0.381 e. The lowest BCUT2D eigenvalue weighted by molar-refractivity contribution is 0.256. The van der Waals surface area contributed by atoms with Gasteiger partial charge >= 0.3 is 16.1 Å². The van der Waals surface area contributed by atoms with Crippen molar-refractivity contribution in [3.8, 4) is 5.75 Å². The van der Waals surface area contributed by atoms with E-state index in [0.29, 0.717) is 5.56 Å². The summed E-state index contributed by atoms with van der Waals surface area (Å²) in [5, 5.41) is 11.4. The van der Waals surface area contributed by atoms with Gasteiger partial charge in [0.05, 0.1) is 11.9 Å². The maximum absolute atomic E-state index is 12.4. The van der Waals surface area contributed by atoms with Crippen molar-refractivity contribution in [2.45, 2.75) is 11.3 Å². The highest BCUT2D eigenvalue weighted by atomic mass is 32.2. The van der Waals surface area contributed by atoms with E-state index in [1.807, 2.05) is 0 Å². The number of fused-ring (bicyclic) bond motifs is 1. The second-order valence-electron chi connectivity index (χ2n) is 4.75. The molecule has 0 bridgehead atoms. The zero-order valence-electron chi connectivity index (χ0n) is 11.9. The number of hydrogen-bond donors (Lipinski definition) is 3. The summed E-state index contributed by atoms with van der Waals surface area (Å²) in [5.41, 5.74) is 0.421. The quantitative estimate of drug-likeness (QED) is 0.611. The van der Waals surface area contributed by atoms with Crippen LogP contribution < -0.4 is 14.2 Å². The molecule has 11 nitrogen and oxygen atoms in total. The first-order valence-corrected chi connectivity index (χ1v) is 9.56. The van der Waals surface area contributed by atoms with Gasteiger partial charge in [-0.15, -0.1) is 5.10 Å². The molecule has 3 rings (SSSR count). The van der Waals surface area contributed by atoms with Crippen LogP contribution in [0.15, 0.2) is 29.3 Å². The van der Waals surface area contributed by atoms with Crippen LogP contribution in [0.25, 0.3) is 0 Å². The SMILES string of the molecule is O=C(Nc1cn[nH]n1)NS(=O)(=O)c1cccc2c1OS(=O)(=O)CC2. The molecule has 0 radical (unpaired) electrons. The number of urea groups is 1. The van der Waals surface area contributed by atoms with E-state index < -0.39 is 31.1 Å². The Morgan fingerprint density at radius 3 is 2.83 bits per heavy atom. The number of nitrogens with zero attached hydrogens (tertiary/aromatic N) is 2. The maximum atomic E-state index is 12.4. The van der Waals surface area contributed by atoms with Gasteiger partial charge in [0, 0.05) is 0 Å².